The predicted octanol–water partition coefficient (Wildman–Crippen LogP) is 1.82. The van der Waals surface area contributed by atoms with E-state index in [1.165, 1.54) is 0 Å². The second-order valence-electron chi connectivity index (χ2n) is 4.73. The number of carbonyl (C=O) groups is 1. The van der Waals surface area contributed by atoms with E-state index in [0.717, 1.165) is 28.8 Å². The molecule has 0 saturated carbocycles. The van der Waals surface area contributed by atoms with E-state index < -0.39 is 0 Å². The average molecular weight is 340 g/mol. The van der Waals surface area contributed by atoms with Gasteiger partial charge in [0, 0.05) is 26.3 Å². The third-order valence-corrected chi connectivity index (χ3v) is 3.75. The molecule has 0 saturated heterocycles. The monoisotopic (exact) mass is 339 g/mol. The summed E-state index contributed by atoms with van der Waals surface area (Å²) in [5.41, 5.74) is 2.40. The summed E-state index contributed by atoms with van der Waals surface area (Å²) in [7, 11) is 1.77. The summed E-state index contributed by atoms with van der Waals surface area (Å²) in [5, 5.41) is 11.4. The van der Waals surface area contributed by atoms with E-state index >= 15 is 0 Å². The number of amides is 1. The largest absolute Gasteiger partial charge is 0.351 e. The lowest BCUT2D eigenvalue weighted by Gasteiger charge is -2.05. The highest BCUT2D eigenvalue weighted by atomic mass is 79.9. The number of nitrogens with one attached hydrogen (secondary N) is 1. The summed E-state index contributed by atoms with van der Waals surface area (Å²) in [6.07, 6.45) is 2.78. The molecule has 0 fully saturated rings. The van der Waals surface area contributed by atoms with Crippen LogP contribution in [0.5, 0.6) is 0 Å². The molecule has 2 rings (SSSR count). The van der Waals surface area contributed by atoms with Gasteiger partial charge in [0.05, 0.1) is 15.9 Å². The minimum absolute atomic E-state index is 0.0917. The fourth-order valence-electron chi connectivity index (χ4n) is 1.96. The fourth-order valence-corrected chi connectivity index (χ4v) is 2.28. The van der Waals surface area contributed by atoms with Crippen LogP contribution in [0.1, 0.15) is 28.3 Å². The minimum atomic E-state index is -0.0917. The summed E-state index contributed by atoms with van der Waals surface area (Å²) >= 11 is 3.43. The molecule has 0 unspecified atom stereocenters. The topological polar surface area (TPSA) is 64.7 Å². The van der Waals surface area contributed by atoms with Crippen LogP contribution in [0.3, 0.4) is 0 Å². The van der Waals surface area contributed by atoms with Crippen molar-refractivity contribution in [2.75, 3.05) is 6.54 Å². The van der Waals surface area contributed by atoms with Crippen molar-refractivity contribution in [3.05, 3.63) is 33.8 Å². The first-order chi connectivity index (χ1) is 9.47. The zero-order valence-corrected chi connectivity index (χ0v) is 13.4. The zero-order valence-electron chi connectivity index (χ0n) is 11.9. The Balaban J connectivity index is 1.78. The van der Waals surface area contributed by atoms with E-state index in [4.69, 9.17) is 0 Å². The molecule has 7 heteroatoms. The van der Waals surface area contributed by atoms with Crippen LogP contribution < -0.4 is 5.32 Å². The first-order valence-electron chi connectivity index (χ1n) is 6.46. The molecule has 0 spiro atoms. The SMILES string of the molecule is Cc1cc(C(=O)NCCCn2cc(Br)c(C)n2)n(C)n1. The highest BCUT2D eigenvalue weighted by molar-refractivity contribution is 9.10. The molecule has 1 N–H and O–H groups in total. The van der Waals surface area contributed by atoms with Crippen molar-refractivity contribution >= 4 is 21.8 Å². The molecule has 6 nitrogen and oxygen atoms in total. The van der Waals surface area contributed by atoms with Crippen LogP contribution in [0.4, 0.5) is 0 Å². The number of hydrogen-bond acceptors (Lipinski definition) is 3. The van der Waals surface area contributed by atoms with Gasteiger partial charge in [0.25, 0.3) is 5.91 Å². The smallest absolute Gasteiger partial charge is 0.269 e. The van der Waals surface area contributed by atoms with Crippen molar-refractivity contribution in [3.63, 3.8) is 0 Å². The normalized spacial score (nSPS) is 10.8. The number of aromatic nitrogens is 4. The van der Waals surface area contributed by atoms with Crippen LogP contribution in [0.15, 0.2) is 16.7 Å². The molecule has 0 aliphatic heterocycles. The summed E-state index contributed by atoms with van der Waals surface area (Å²) in [6.45, 7) is 5.21. The van der Waals surface area contributed by atoms with Gasteiger partial charge in [-0.15, -0.1) is 0 Å². The maximum absolute atomic E-state index is 11.9. The van der Waals surface area contributed by atoms with E-state index in [-0.39, 0.29) is 5.91 Å². The van der Waals surface area contributed by atoms with E-state index in [1.54, 1.807) is 17.8 Å². The quantitative estimate of drug-likeness (QED) is 0.845. The molecule has 0 radical (unpaired) electrons. The van der Waals surface area contributed by atoms with Gasteiger partial charge in [-0.25, -0.2) is 0 Å². The lowest BCUT2D eigenvalue weighted by atomic mass is 10.3. The maximum atomic E-state index is 11.9. The molecule has 2 heterocycles. The van der Waals surface area contributed by atoms with Crippen LogP contribution in [-0.4, -0.2) is 32.0 Å². The van der Waals surface area contributed by atoms with Crippen LogP contribution in [-0.2, 0) is 13.6 Å². The average Bonchev–Trinajstić information content (AvgIpc) is 2.88. The Hall–Kier alpha value is -1.63. The van der Waals surface area contributed by atoms with Gasteiger partial charge in [-0.1, -0.05) is 0 Å². The van der Waals surface area contributed by atoms with Crippen molar-refractivity contribution in [1.82, 2.24) is 24.9 Å². The van der Waals surface area contributed by atoms with Crippen LogP contribution in [0.2, 0.25) is 0 Å². The number of halogens is 1. The molecule has 0 aromatic carbocycles. The molecule has 2 aromatic heterocycles. The van der Waals surface area contributed by atoms with Gasteiger partial charge in [0.1, 0.15) is 5.69 Å². The second kappa shape index (κ2) is 6.21. The Morgan fingerprint density at radius 1 is 1.40 bits per heavy atom. The van der Waals surface area contributed by atoms with E-state index in [1.807, 2.05) is 24.7 Å². The molecular weight excluding hydrogens is 322 g/mol. The van der Waals surface area contributed by atoms with E-state index in [2.05, 4.69) is 31.4 Å². The zero-order chi connectivity index (χ0) is 14.7. The van der Waals surface area contributed by atoms with Crippen molar-refractivity contribution in [2.45, 2.75) is 26.8 Å². The molecule has 1 amide bonds. The first-order valence-corrected chi connectivity index (χ1v) is 7.25. The second-order valence-corrected chi connectivity index (χ2v) is 5.58. The number of aryl methyl sites for hydroxylation is 4. The van der Waals surface area contributed by atoms with E-state index in [0.29, 0.717) is 12.2 Å². The Kier molecular flexibility index (Phi) is 4.59. The van der Waals surface area contributed by atoms with Crippen LogP contribution >= 0.6 is 15.9 Å². The minimum Gasteiger partial charge on any atom is -0.351 e. The van der Waals surface area contributed by atoms with Gasteiger partial charge < -0.3 is 5.32 Å². The van der Waals surface area contributed by atoms with Crippen molar-refractivity contribution in [3.8, 4) is 0 Å². The molecule has 108 valence electrons. The summed E-state index contributed by atoms with van der Waals surface area (Å²) in [5.74, 6) is -0.0917. The Morgan fingerprint density at radius 3 is 2.70 bits per heavy atom. The number of carbonyl (C=O) groups excluding carboxylic acids is 1. The Labute approximate surface area is 126 Å². The molecule has 2 aromatic rings. The highest BCUT2D eigenvalue weighted by Crippen LogP contribution is 2.13. The molecule has 0 aliphatic carbocycles. The van der Waals surface area contributed by atoms with Crippen molar-refractivity contribution in [1.29, 1.82) is 0 Å². The first kappa shape index (κ1) is 14.8. The maximum Gasteiger partial charge on any atom is 0.269 e. The summed E-state index contributed by atoms with van der Waals surface area (Å²) in [4.78, 5) is 11.9. The predicted molar refractivity (Wildman–Crippen MR) is 79.6 cm³/mol. The van der Waals surface area contributed by atoms with Gasteiger partial charge in [-0.2, -0.15) is 10.2 Å². The molecule has 0 bridgehead atoms. The lowest BCUT2D eigenvalue weighted by Crippen LogP contribution is -2.27. The third kappa shape index (κ3) is 3.47. The molecule has 20 heavy (non-hydrogen) atoms. The number of rotatable bonds is 5. The van der Waals surface area contributed by atoms with E-state index in [9.17, 15) is 4.79 Å². The molecular formula is C13H18BrN5O. The highest BCUT2D eigenvalue weighted by Gasteiger charge is 2.10. The lowest BCUT2D eigenvalue weighted by molar-refractivity contribution is 0.0943. The Morgan fingerprint density at radius 2 is 2.15 bits per heavy atom. The van der Waals surface area contributed by atoms with Gasteiger partial charge in [0.15, 0.2) is 0 Å². The van der Waals surface area contributed by atoms with Crippen molar-refractivity contribution in [2.24, 2.45) is 7.05 Å². The number of nitrogens with zero attached hydrogens (tertiary/aromatic N) is 4. The number of hydrogen-bond donors (Lipinski definition) is 1. The van der Waals surface area contributed by atoms with Crippen LogP contribution in [0.25, 0.3) is 0 Å². The summed E-state index contributed by atoms with van der Waals surface area (Å²) in [6, 6.07) is 1.78. The van der Waals surface area contributed by atoms with Gasteiger partial charge in [-0.05, 0) is 42.3 Å². The molecule has 0 aliphatic rings. The van der Waals surface area contributed by atoms with Crippen LogP contribution in [0, 0.1) is 13.8 Å². The third-order valence-electron chi connectivity index (χ3n) is 2.97. The summed E-state index contributed by atoms with van der Waals surface area (Å²) < 4.78 is 4.48. The molecule has 0 atom stereocenters. The van der Waals surface area contributed by atoms with Gasteiger partial charge >= 0.3 is 0 Å². The van der Waals surface area contributed by atoms with Crippen molar-refractivity contribution < 1.29 is 4.79 Å². The van der Waals surface area contributed by atoms with Gasteiger partial charge in [0.2, 0.25) is 0 Å². The Bertz CT molecular complexity index is 597. The standard InChI is InChI=1S/C13H18BrN5O/c1-9-7-12(18(3)16-9)13(20)15-5-4-6-19-8-11(14)10(2)17-19/h7-8H,4-6H2,1-3H3,(H,15,20). The van der Waals surface area contributed by atoms with Gasteiger partial charge in [-0.3, -0.25) is 14.2 Å². The fraction of sp³-hybridized carbons (Fsp3) is 0.462.